The van der Waals surface area contributed by atoms with Gasteiger partial charge in [-0.1, -0.05) is 13.8 Å². The molecule has 2 fully saturated rings. The van der Waals surface area contributed by atoms with Gasteiger partial charge < -0.3 is 24.7 Å². The highest BCUT2D eigenvalue weighted by molar-refractivity contribution is 6.17. The van der Waals surface area contributed by atoms with Gasteiger partial charge in [-0.25, -0.2) is 8.78 Å². The van der Waals surface area contributed by atoms with Crippen LogP contribution < -0.4 is 24.8 Å². The molecule has 1 aliphatic heterocycles. The van der Waals surface area contributed by atoms with Gasteiger partial charge in [-0.15, -0.1) is 0 Å². The molecule has 1 atom stereocenters. The molecule has 2 aliphatic rings. The van der Waals surface area contributed by atoms with Crippen LogP contribution in [0.2, 0.25) is 0 Å². The zero-order valence-corrected chi connectivity index (χ0v) is 27.1. The van der Waals surface area contributed by atoms with Crippen molar-refractivity contribution in [2.24, 2.45) is 16.6 Å². The van der Waals surface area contributed by atoms with Gasteiger partial charge in [0.1, 0.15) is 17.0 Å². The van der Waals surface area contributed by atoms with Crippen molar-refractivity contribution < 1.29 is 37.3 Å². The molecule has 0 spiro atoms. The first-order chi connectivity index (χ1) is 23.0. The number of halogens is 2. The molecule has 1 unspecified atom stereocenters. The van der Waals surface area contributed by atoms with E-state index in [4.69, 9.17) is 24.7 Å². The number of ether oxygens (including phenoxy) is 4. The van der Waals surface area contributed by atoms with Gasteiger partial charge in [-0.05, 0) is 66.8 Å². The van der Waals surface area contributed by atoms with E-state index in [0.29, 0.717) is 34.8 Å². The second-order valence-electron chi connectivity index (χ2n) is 12.6. The lowest BCUT2D eigenvalue weighted by Gasteiger charge is -2.28. The van der Waals surface area contributed by atoms with Crippen molar-refractivity contribution in [3.05, 3.63) is 78.5 Å². The number of amides is 2. The molecule has 48 heavy (non-hydrogen) atoms. The van der Waals surface area contributed by atoms with E-state index in [9.17, 15) is 14.0 Å². The second-order valence-corrected chi connectivity index (χ2v) is 12.6. The molecule has 2 amide bonds. The zero-order chi connectivity index (χ0) is 34.1. The van der Waals surface area contributed by atoms with Gasteiger partial charge in [0.15, 0.2) is 23.1 Å². The molecular formula is C36H38F2N4O6. The number of benzene rings is 3. The number of nitrogens with zero attached hydrogens (tertiary/aromatic N) is 3. The van der Waals surface area contributed by atoms with Crippen molar-refractivity contribution in [3.8, 4) is 23.0 Å². The maximum atomic E-state index is 15.8. The van der Waals surface area contributed by atoms with Crippen molar-refractivity contribution in [2.75, 3.05) is 51.5 Å². The van der Waals surface area contributed by atoms with Crippen LogP contribution in [0.1, 0.15) is 26.7 Å². The number of methoxy groups -OCH3 is 1. The van der Waals surface area contributed by atoms with E-state index in [1.807, 2.05) is 0 Å². The molecule has 1 saturated heterocycles. The number of hydrogen-bond acceptors (Lipinski definition) is 8. The second kappa shape index (κ2) is 13.4. The maximum absolute atomic E-state index is 15.8. The Labute approximate surface area is 277 Å². The SMILES string of the molecule is COc1cc2c(Oc3ccc(N(C(=O)C4(C(N)=O)CC4(C)C)c4ccc(F)cc4)cc3F)ccnc2cc1OCCCN1CCOCC1. The van der Waals surface area contributed by atoms with Gasteiger partial charge in [0, 0.05) is 49.0 Å². The number of nitrogens with two attached hydrogens (primary N) is 1. The van der Waals surface area contributed by atoms with Crippen molar-refractivity contribution >= 4 is 34.1 Å². The van der Waals surface area contributed by atoms with E-state index in [-0.39, 0.29) is 23.5 Å². The van der Waals surface area contributed by atoms with Crippen LogP contribution in [0.4, 0.5) is 20.2 Å². The van der Waals surface area contributed by atoms with Crippen molar-refractivity contribution in [2.45, 2.75) is 26.7 Å². The van der Waals surface area contributed by atoms with Gasteiger partial charge in [-0.2, -0.15) is 0 Å². The fraction of sp³-hybridized carbons (Fsp3) is 0.361. The summed E-state index contributed by atoms with van der Waals surface area (Å²) in [6.45, 7) is 8.24. The van der Waals surface area contributed by atoms with Crippen LogP contribution in [0.25, 0.3) is 10.9 Å². The lowest BCUT2D eigenvalue weighted by Crippen LogP contribution is -2.44. The summed E-state index contributed by atoms with van der Waals surface area (Å²) in [5.41, 5.74) is 4.48. The molecule has 1 aromatic heterocycles. The van der Waals surface area contributed by atoms with E-state index in [1.165, 1.54) is 48.4 Å². The van der Waals surface area contributed by atoms with Crippen LogP contribution in [0.3, 0.4) is 0 Å². The predicted molar refractivity (Wildman–Crippen MR) is 176 cm³/mol. The van der Waals surface area contributed by atoms with Crippen LogP contribution in [-0.4, -0.2) is 68.3 Å². The molecule has 2 heterocycles. The molecule has 2 N–H and O–H groups in total. The number of anilines is 2. The van der Waals surface area contributed by atoms with Crippen molar-refractivity contribution in [1.82, 2.24) is 9.88 Å². The number of aromatic nitrogens is 1. The Morgan fingerprint density at radius 3 is 2.31 bits per heavy atom. The highest BCUT2D eigenvalue weighted by atomic mass is 19.1. The monoisotopic (exact) mass is 660 g/mol. The molecule has 0 bridgehead atoms. The number of carbonyl (C=O) groups is 2. The van der Waals surface area contributed by atoms with Gasteiger partial charge in [0.2, 0.25) is 11.8 Å². The quantitative estimate of drug-likeness (QED) is 0.146. The minimum Gasteiger partial charge on any atom is -0.493 e. The zero-order valence-electron chi connectivity index (χ0n) is 27.1. The van der Waals surface area contributed by atoms with Gasteiger partial charge >= 0.3 is 0 Å². The minimum atomic E-state index is -1.49. The number of carbonyl (C=O) groups excluding carboxylic acids is 2. The number of rotatable bonds is 12. The normalized spacial score (nSPS) is 18.7. The molecule has 252 valence electrons. The summed E-state index contributed by atoms with van der Waals surface area (Å²) in [6, 6.07) is 14.3. The number of fused-ring (bicyclic) bond motifs is 1. The van der Waals surface area contributed by atoms with E-state index < -0.39 is 34.3 Å². The number of pyridine rings is 1. The maximum Gasteiger partial charge on any atom is 0.247 e. The lowest BCUT2D eigenvalue weighted by atomic mass is 9.92. The topological polar surface area (TPSA) is 116 Å². The van der Waals surface area contributed by atoms with E-state index in [1.54, 1.807) is 38.2 Å². The molecule has 1 aliphatic carbocycles. The average molecular weight is 661 g/mol. The number of morpholine rings is 1. The molecule has 0 radical (unpaired) electrons. The molecule has 6 rings (SSSR count). The summed E-state index contributed by atoms with van der Waals surface area (Å²) in [6.07, 6.45) is 2.61. The Balaban J connectivity index is 1.25. The summed E-state index contributed by atoms with van der Waals surface area (Å²) in [4.78, 5) is 34.6. The largest absolute Gasteiger partial charge is 0.493 e. The standard InChI is InChI=1S/C36H38F2N4O6/c1-35(2)22-36(35,33(39)43)34(44)42(24-7-5-23(37)6-8-24)25-9-10-30(27(38)19-25)48-29-11-12-40-28-21-32(31(45-3)20-26(28)29)47-16-4-13-41-14-17-46-18-15-41/h5-12,19-21H,4,13-18,22H2,1-3H3,(H2,39,43). The van der Waals surface area contributed by atoms with Crippen molar-refractivity contribution in [1.29, 1.82) is 0 Å². The highest BCUT2D eigenvalue weighted by Crippen LogP contribution is 2.64. The first-order valence-electron chi connectivity index (χ1n) is 15.8. The van der Waals surface area contributed by atoms with Crippen LogP contribution in [0.15, 0.2) is 66.9 Å². The number of primary amides is 1. The number of hydrogen-bond donors (Lipinski definition) is 1. The van der Waals surface area contributed by atoms with Crippen LogP contribution in [0.5, 0.6) is 23.0 Å². The fourth-order valence-electron chi connectivity index (χ4n) is 6.29. The van der Waals surface area contributed by atoms with Gasteiger partial charge in [0.05, 0.1) is 38.1 Å². The molecule has 12 heteroatoms. The van der Waals surface area contributed by atoms with Crippen LogP contribution >= 0.6 is 0 Å². The average Bonchev–Trinajstić information content (AvgIpc) is 3.68. The van der Waals surface area contributed by atoms with E-state index >= 15 is 4.39 Å². The molecular weight excluding hydrogens is 622 g/mol. The van der Waals surface area contributed by atoms with Crippen molar-refractivity contribution in [3.63, 3.8) is 0 Å². The molecule has 1 saturated carbocycles. The van der Waals surface area contributed by atoms with E-state index in [2.05, 4.69) is 9.88 Å². The Hall–Kier alpha value is -4.81. The first-order valence-corrected chi connectivity index (χ1v) is 15.8. The third kappa shape index (κ3) is 6.37. The Morgan fingerprint density at radius 2 is 1.67 bits per heavy atom. The van der Waals surface area contributed by atoms with Crippen LogP contribution in [0, 0.1) is 22.5 Å². The summed E-state index contributed by atoms with van der Waals surface area (Å²) in [7, 11) is 1.54. The molecule has 4 aromatic rings. The summed E-state index contributed by atoms with van der Waals surface area (Å²) in [5, 5.41) is 0.570. The van der Waals surface area contributed by atoms with Gasteiger partial charge in [0.25, 0.3) is 0 Å². The fourth-order valence-corrected chi connectivity index (χ4v) is 6.29. The first kappa shape index (κ1) is 33.1. The Bertz CT molecular complexity index is 1830. The smallest absolute Gasteiger partial charge is 0.247 e. The third-order valence-corrected chi connectivity index (χ3v) is 9.17. The molecule has 3 aromatic carbocycles. The Kier molecular flexibility index (Phi) is 9.22. The van der Waals surface area contributed by atoms with Gasteiger partial charge in [-0.3, -0.25) is 24.4 Å². The van der Waals surface area contributed by atoms with E-state index in [0.717, 1.165) is 45.3 Å². The summed E-state index contributed by atoms with van der Waals surface area (Å²) >= 11 is 0. The van der Waals surface area contributed by atoms with Crippen LogP contribution in [-0.2, 0) is 14.3 Å². The minimum absolute atomic E-state index is 0.114. The Morgan fingerprint density at radius 1 is 0.958 bits per heavy atom. The summed E-state index contributed by atoms with van der Waals surface area (Å²) in [5.74, 6) is -1.46. The molecule has 10 nitrogen and oxygen atoms in total. The predicted octanol–water partition coefficient (Wildman–Crippen LogP) is 5.98. The third-order valence-electron chi connectivity index (χ3n) is 9.17. The highest BCUT2D eigenvalue weighted by Gasteiger charge is 2.71. The summed E-state index contributed by atoms with van der Waals surface area (Å²) < 4.78 is 52.7. The lowest BCUT2D eigenvalue weighted by molar-refractivity contribution is -0.134.